The Balaban J connectivity index is 3.17. The van der Waals surface area contributed by atoms with Gasteiger partial charge in [0.25, 0.3) is 0 Å². The molecule has 2 atom stereocenters. The lowest BCUT2D eigenvalue weighted by molar-refractivity contribution is -0.0125. The molecule has 2 nitrogen and oxygen atoms in total. The van der Waals surface area contributed by atoms with Gasteiger partial charge in [0.1, 0.15) is 0 Å². The van der Waals surface area contributed by atoms with Gasteiger partial charge < -0.3 is 9.84 Å². The smallest absolute Gasteiger partial charge is 0.0802 e. The maximum Gasteiger partial charge on any atom is 0.0802 e. The largest absolute Gasteiger partial charge is 0.391 e. The average molecular weight is 118 g/mol. The molecule has 0 amide bonds. The summed E-state index contributed by atoms with van der Waals surface area (Å²) in [5.74, 6) is 0. The molecule has 2 unspecified atom stereocenters. The zero-order valence-corrected chi connectivity index (χ0v) is 5.72. The fourth-order valence-electron chi connectivity index (χ4n) is 0.402. The molecule has 1 N–H and O–H groups in total. The number of hydrogen-bond acceptors (Lipinski definition) is 2. The summed E-state index contributed by atoms with van der Waals surface area (Å²) in [6.07, 6.45) is -0.380. The molecular weight excluding hydrogens is 104 g/mol. The highest BCUT2D eigenvalue weighted by Crippen LogP contribution is 1.95. The van der Waals surface area contributed by atoms with Crippen molar-refractivity contribution >= 4 is 0 Å². The van der Waals surface area contributed by atoms with Crippen molar-refractivity contribution in [3.63, 3.8) is 0 Å². The molecule has 0 aromatic carbocycles. The maximum atomic E-state index is 8.83. The SMILES string of the molecule is CCOC(C)C(C)O. The normalized spacial score (nSPS) is 18.0. The van der Waals surface area contributed by atoms with Crippen LogP contribution in [0.15, 0.2) is 0 Å². The Morgan fingerprint density at radius 2 is 2.00 bits per heavy atom. The molecule has 0 radical (unpaired) electrons. The molecule has 0 rings (SSSR count). The van der Waals surface area contributed by atoms with E-state index in [1.54, 1.807) is 6.92 Å². The zero-order chi connectivity index (χ0) is 6.57. The van der Waals surface area contributed by atoms with E-state index < -0.39 is 0 Å². The number of aliphatic hydroxyl groups excluding tert-OH is 1. The Hall–Kier alpha value is -0.0800. The first-order valence-corrected chi connectivity index (χ1v) is 2.98. The summed E-state index contributed by atoms with van der Waals surface area (Å²) in [5.41, 5.74) is 0. The Bertz CT molecular complexity index is 52.5. The molecular formula is C6H14O2. The molecule has 0 spiro atoms. The number of aliphatic hydroxyl groups is 1. The van der Waals surface area contributed by atoms with Crippen LogP contribution in [0.4, 0.5) is 0 Å². The molecule has 0 fully saturated rings. The number of rotatable bonds is 3. The summed E-state index contributed by atoms with van der Waals surface area (Å²) in [7, 11) is 0. The molecule has 0 heterocycles. The molecule has 0 aliphatic carbocycles. The summed E-state index contributed by atoms with van der Waals surface area (Å²) < 4.78 is 5.05. The molecule has 50 valence electrons. The molecule has 0 aliphatic rings. The third-order valence-corrected chi connectivity index (χ3v) is 1.11. The summed E-state index contributed by atoms with van der Waals surface area (Å²) in [6.45, 7) is 6.17. The zero-order valence-electron chi connectivity index (χ0n) is 5.72. The standard InChI is InChI=1S/C6H14O2/c1-4-8-6(3)5(2)7/h5-7H,4H2,1-3H3. The van der Waals surface area contributed by atoms with Crippen molar-refractivity contribution in [2.75, 3.05) is 6.61 Å². The van der Waals surface area contributed by atoms with Crippen LogP contribution in [0.2, 0.25) is 0 Å². The Morgan fingerprint density at radius 1 is 1.50 bits per heavy atom. The third-order valence-electron chi connectivity index (χ3n) is 1.11. The van der Waals surface area contributed by atoms with Crippen LogP contribution >= 0.6 is 0 Å². The monoisotopic (exact) mass is 118 g/mol. The third kappa shape index (κ3) is 2.99. The lowest BCUT2D eigenvalue weighted by Gasteiger charge is -2.13. The number of ether oxygens (including phenoxy) is 1. The second kappa shape index (κ2) is 3.87. The van der Waals surface area contributed by atoms with E-state index in [2.05, 4.69) is 0 Å². The van der Waals surface area contributed by atoms with Gasteiger partial charge >= 0.3 is 0 Å². The molecule has 0 aromatic rings. The predicted molar refractivity (Wildman–Crippen MR) is 32.8 cm³/mol. The van der Waals surface area contributed by atoms with Gasteiger partial charge in [-0.3, -0.25) is 0 Å². The summed E-state index contributed by atoms with van der Waals surface area (Å²) in [6, 6.07) is 0. The van der Waals surface area contributed by atoms with Gasteiger partial charge in [-0.2, -0.15) is 0 Å². The van der Waals surface area contributed by atoms with Crippen LogP contribution in [-0.4, -0.2) is 23.9 Å². The van der Waals surface area contributed by atoms with E-state index in [0.29, 0.717) is 6.61 Å². The lowest BCUT2D eigenvalue weighted by atomic mass is 10.3. The minimum Gasteiger partial charge on any atom is -0.391 e. The van der Waals surface area contributed by atoms with E-state index in [1.807, 2.05) is 13.8 Å². The molecule has 2 heteroatoms. The highest BCUT2D eigenvalue weighted by Gasteiger charge is 2.05. The van der Waals surface area contributed by atoms with Crippen molar-refractivity contribution in [1.29, 1.82) is 0 Å². The van der Waals surface area contributed by atoms with Crippen molar-refractivity contribution in [2.24, 2.45) is 0 Å². The van der Waals surface area contributed by atoms with Crippen LogP contribution in [-0.2, 0) is 4.74 Å². The Labute approximate surface area is 50.5 Å². The fraction of sp³-hybridized carbons (Fsp3) is 1.00. The van der Waals surface area contributed by atoms with Crippen LogP contribution in [0.3, 0.4) is 0 Å². The first-order chi connectivity index (χ1) is 3.68. The minimum absolute atomic E-state index is 0.0278. The van der Waals surface area contributed by atoms with Crippen LogP contribution in [0.25, 0.3) is 0 Å². The average Bonchev–Trinajstić information content (AvgIpc) is 1.67. The van der Waals surface area contributed by atoms with E-state index in [1.165, 1.54) is 0 Å². The van der Waals surface area contributed by atoms with E-state index in [0.717, 1.165) is 0 Å². The van der Waals surface area contributed by atoms with Gasteiger partial charge in [0, 0.05) is 6.61 Å². The molecule has 8 heavy (non-hydrogen) atoms. The van der Waals surface area contributed by atoms with Gasteiger partial charge in [-0.25, -0.2) is 0 Å². The van der Waals surface area contributed by atoms with Crippen LogP contribution < -0.4 is 0 Å². The molecule has 0 bridgehead atoms. The van der Waals surface area contributed by atoms with Crippen LogP contribution in [0.5, 0.6) is 0 Å². The first-order valence-electron chi connectivity index (χ1n) is 2.98. The van der Waals surface area contributed by atoms with Gasteiger partial charge in [0.05, 0.1) is 12.2 Å². The molecule has 0 aromatic heterocycles. The van der Waals surface area contributed by atoms with Gasteiger partial charge in [-0.1, -0.05) is 0 Å². The molecule has 0 saturated heterocycles. The molecule has 0 aliphatic heterocycles. The van der Waals surface area contributed by atoms with Gasteiger partial charge in [0.15, 0.2) is 0 Å². The van der Waals surface area contributed by atoms with E-state index >= 15 is 0 Å². The van der Waals surface area contributed by atoms with Gasteiger partial charge in [0.2, 0.25) is 0 Å². The quantitative estimate of drug-likeness (QED) is 0.593. The van der Waals surface area contributed by atoms with Crippen molar-refractivity contribution in [1.82, 2.24) is 0 Å². The predicted octanol–water partition coefficient (Wildman–Crippen LogP) is 0.792. The van der Waals surface area contributed by atoms with Crippen molar-refractivity contribution in [3.8, 4) is 0 Å². The van der Waals surface area contributed by atoms with Gasteiger partial charge in [-0.05, 0) is 20.8 Å². The highest BCUT2D eigenvalue weighted by molar-refractivity contribution is 4.55. The van der Waals surface area contributed by atoms with E-state index in [9.17, 15) is 0 Å². The first kappa shape index (κ1) is 7.92. The summed E-state index contributed by atoms with van der Waals surface area (Å²) >= 11 is 0. The van der Waals surface area contributed by atoms with Crippen molar-refractivity contribution < 1.29 is 9.84 Å². The maximum absolute atomic E-state index is 8.83. The van der Waals surface area contributed by atoms with Crippen molar-refractivity contribution in [3.05, 3.63) is 0 Å². The highest BCUT2D eigenvalue weighted by atomic mass is 16.5. The Morgan fingerprint density at radius 3 is 2.12 bits per heavy atom. The summed E-state index contributed by atoms with van der Waals surface area (Å²) in [4.78, 5) is 0. The summed E-state index contributed by atoms with van der Waals surface area (Å²) in [5, 5.41) is 8.83. The van der Waals surface area contributed by atoms with Crippen molar-refractivity contribution in [2.45, 2.75) is 33.0 Å². The minimum atomic E-state index is -0.352. The Kier molecular flexibility index (Phi) is 3.83. The second-order valence-electron chi connectivity index (χ2n) is 1.90. The molecule has 0 saturated carbocycles. The topological polar surface area (TPSA) is 29.5 Å². The van der Waals surface area contributed by atoms with Crippen LogP contribution in [0, 0.1) is 0 Å². The number of hydrogen-bond donors (Lipinski definition) is 1. The van der Waals surface area contributed by atoms with E-state index in [-0.39, 0.29) is 12.2 Å². The van der Waals surface area contributed by atoms with Crippen LogP contribution in [0.1, 0.15) is 20.8 Å². The van der Waals surface area contributed by atoms with E-state index in [4.69, 9.17) is 9.84 Å². The fourth-order valence-corrected chi connectivity index (χ4v) is 0.402. The lowest BCUT2D eigenvalue weighted by Crippen LogP contribution is -2.22. The van der Waals surface area contributed by atoms with Gasteiger partial charge in [-0.15, -0.1) is 0 Å². The second-order valence-corrected chi connectivity index (χ2v) is 1.90.